The fourth-order valence-electron chi connectivity index (χ4n) is 3.01. The number of rotatable bonds is 6. The average Bonchev–Trinajstić information content (AvgIpc) is 2.27. The van der Waals surface area contributed by atoms with Crippen molar-refractivity contribution in [3.63, 3.8) is 0 Å². The predicted octanol–water partition coefficient (Wildman–Crippen LogP) is 3.18. The summed E-state index contributed by atoms with van der Waals surface area (Å²) in [5.74, 6) is 1.29. The van der Waals surface area contributed by atoms with Gasteiger partial charge in [-0.3, -0.25) is 4.79 Å². The smallest absolute Gasteiger partial charge is 0.224 e. The largest absolute Gasteiger partial charge is 0.342 e. The number of hydrogen-bond acceptors (Lipinski definition) is 2. The van der Waals surface area contributed by atoms with Crippen LogP contribution in [-0.2, 0) is 4.79 Å². The monoisotopic (exact) mass is 268 g/mol. The summed E-state index contributed by atoms with van der Waals surface area (Å²) < 4.78 is 0. The van der Waals surface area contributed by atoms with Gasteiger partial charge in [-0.1, -0.05) is 47.0 Å². The highest BCUT2D eigenvalue weighted by Gasteiger charge is 2.32. The highest BCUT2D eigenvalue weighted by molar-refractivity contribution is 5.77. The van der Waals surface area contributed by atoms with Gasteiger partial charge < -0.3 is 10.6 Å². The van der Waals surface area contributed by atoms with Crippen LogP contribution in [0.5, 0.6) is 0 Å². The molecule has 1 aliphatic carbocycles. The van der Waals surface area contributed by atoms with Crippen LogP contribution in [0.15, 0.2) is 0 Å². The van der Waals surface area contributed by atoms with Gasteiger partial charge in [-0.05, 0) is 24.7 Å². The molecule has 0 aromatic heterocycles. The minimum absolute atomic E-state index is 0.235. The fraction of sp³-hybridized carbons (Fsp3) is 0.938. The first kappa shape index (κ1) is 16.5. The zero-order chi connectivity index (χ0) is 14.5. The summed E-state index contributed by atoms with van der Waals surface area (Å²) in [6.07, 6.45) is 6.18. The lowest BCUT2D eigenvalue weighted by atomic mass is 9.80. The topological polar surface area (TPSA) is 46.3 Å². The molecular weight excluding hydrogens is 236 g/mol. The third-order valence-electron chi connectivity index (χ3n) is 3.88. The summed E-state index contributed by atoms with van der Waals surface area (Å²) in [7, 11) is 0. The van der Waals surface area contributed by atoms with Gasteiger partial charge in [0.15, 0.2) is 0 Å². The summed E-state index contributed by atoms with van der Waals surface area (Å²) >= 11 is 0. The molecule has 1 fully saturated rings. The van der Waals surface area contributed by atoms with Gasteiger partial charge in [-0.2, -0.15) is 0 Å². The van der Waals surface area contributed by atoms with E-state index in [1.807, 2.05) is 4.90 Å². The molecule has 3 heteroatoms. The lowest BCUT2D eigenvalue weighted by Gasteiger charge is -2.35. The van der Waals surface area contributed by atoms with Gasteiger partial charge in [0.05, 0.1) is 0 Å². The minimum Gasteiger partial charge on any atom is -0.342 e. The van der Waals surface area contributed by atoms with E-state index in [4.69, 9.17) is 5.73 Å². The molecule has 3 nitrogen and oxygen atoms in total. The quantitative estimate of drug-likeness (QED) is 0.804. The van der Waals surface area contributed by atoms with E-state index >= 15 is 0 Å². The van der Waals surface area contributed by atoms with Crippen LogP contribution in [0.1, 0.15) is 66.2 Å². The van der Waals surface area contributed by atoms with Gasteiger partial charge in [-0.25, -0.2) is 0 Å². The van der Waals surface area contributed by atoms with Gasteiger partial charge in [0, 0.05) is 25.0 Å². The molecule has 0 aliphatic heterocycles. The molecule has 2 N–H and O–H groups in total. The SMILES string of the molecule is CC(C)CN(CC(C)C)C(=O)CC1(N)CCCCC1. The van der Waals surface area contributed by atoms with E-state index in [2.05, 4.69) is 27.7 Å². The molecule has 1 saturated carbocycles. The first-order chi connectivity index (χ1) is 8.82. The standard InChI is InChI=1S/C16H32N2O/c1-13(2)11-18(12-14(3)4)15(19)10-16(17)8-6-5-7-9-16/h13-14H,5-12,17H2,1-4H3. The van der Waals surface area contributed by atoms with Crippen molar-refractivity contribution in [3.05, 3.63) is 0 Å². The molecular formula is C16H32N2O. The van der Waals surface area contributed by atoms with E-state index in [0.717, 1.165) is 25.9 Å². The Morgan fingerprint density at radius 3 is 1.95 bits per heavy atom. The van der Waals surface area contributed by atoms with Gasteiger partial charge >= 0.3 is 0 Å². The number of nitrogens with two attached hydrogens (primary N) is 1. The second-order valence-electron chi connectivity index (χ2n) is 7.19. The van der Waals surface area contributed by atoms with Gasteiger partial charge in [0.1, 0.15) is 0 Å². The zero-order valence-electron chi connectivity index (χ0n) is 13.2. The zero-order valence-corrected chi connectivity index (χ0v) is 13.2. The van der Waals surface area contributed by atoms with Crippen molar-refractivity contribution in [1.82, 2.24) is 4.90 Å². The van der Waals surface area contributed by atoms with Crippen molar-refractivity contribution in [3.8, 4) is 0 Å². The molecule has 0 atom stereocenters. The lowest BCUT2D eigenvalue weighted by molar-refractivity contribution is -0.133. The molecule has 0 spiro atoms. The number of nitrogens with zero attached hydrogens (tertiary/aromatic N) is 1. The van der Waals surface area contributed by atoms with Crippen LogP contribution < -0.4 is 5.73 Å². The maximum absolute atomic E-state index is 12.5. The van der Waals surface area contributed by atoms with Crippen LogP contribution >= 0.6 is 0 Å². The van der Waals surface area contributed by atoms with Gasteiger partial charge in [0.25, 0.3) is 0 Å². The Bertz CT molecular complexity index is 270. The molecule has 1 rings (SSSR count). The first-order valence-electron chi connectivity index (χ1n) is 7.89. The molecule has 0 heterocycles. The van der Waals surface area contributed by atoms with Crippen molar-refractivity contribution in [2.75, 3.05) is 13.1 Å². The van der Waals surface area contributed by atoms with Crippen molar-refractivity contribution >= 4 is 5.91 Å². The first-order valence-corrected chi connectivity index (χ1v) is 7.89. The second-order valence-corrected chi connectivity index (χ2v) is 7.19. The van der Waals surface area contributed by atoms with Crippen LogP contribution in [0.2, 0.25) is 0 Å². The molecule has 0 bridgehead atoms. The van der Waals surface area contributed by atoms with Crippen molar-refractivity contribution in [1.29, 1.82) is 0 Å². The molecule has 0 unspecified atom stereocenters. The predicted molar refractivity (Wildman–Crippen MR) is 80.9 cm³/mol. The van der Waals surface area contributed by atoms with E-state index in [0.29, 0.717) is 18.3 Å². The molecule has 112 valence electrons. The van der Waals surface area contributed by atoms with Gasteiger partial charge in [-0.15, -0.1) is 0 Å². The number of carbonyl (C=O) groups is 1. The fourth-order valence-corrected chi connectivity index (χ4v) is 3.01. The second kappa shape index (κ2) is 7.28. The van der Waals surface area contributed by atoms with Crippen LogP contribution in [0.3, 0.4) is 0 Å². The Labute approximate surface area is 118 Å². The van der Waals surface area contributed by atoms with Crippen molar-refractivity contribution in [2.24, 2.45) is 17.6 Å². The lowest BCUT2D eigenvalue weighted by Crippen LogP contribution is -2.48. The Kier molecular flexibility index (Phi) is 6.31. The third-order valence-corrected chi connectivity index (χ3v) is 3.88. The highest BCUT2D eigenvalue weighted by atomic mass is 16.2. The van der Waals surface area contributed by atoms with Crippen LogP contribution in [0.4, 0.5) is 0 Å². The van der Waals surface area contributed by atoms with E-state index in [9.17, 15) is 4.79 Å². The molecule has 0 aromatic carbocycles. The average molecular weight is 268 g/mol. The van der Waals surface area contributed by atoms with E-state index in [-0.39, 0.29) is 11.4 Å². The maximum Gasteiger partial charge on any atom is 0.224 e. The summed E-state index contributed by atoms with van der Waals surface area (Å²) in [6, 6.07) is 0. The van der Waals surface area contributed by atoms with Crippen LogP contribution in [0, 0.1) is 11.8 Å². The molecule has 0 aromatic rings. The Hall–Kier alpha value is -0.570. The molecule has 1 amide bonds. The van der Waals surface area contributed by atoms with Crippen molar-refractivity contribution in [2.45, 2.75) is 71.8 Å². The summed E-state index contributed by atoms with van der Waals surface area (Å²) in [5, 5.41) is 0. The molecule has 19 heavy (non-hydrogen) atoms. The summed E-state index contributed by atoms with van der Waals surface area (Å²) in [5.41, 5.74) is 6.18. The van der Waals surface area contributed by atoms with Crippen LogP contribution in [0.25, 0.3) is 0 Å². The third kappa shape index (κ3) is 5.94. The minimum atomic E-state index is -0.235. The Balaban J connectivity index is 2.59. The van der Waals surface area contributed by atoms with E-state index in [1.54, 1.807) is 0 Å². The number of amides is 1. The maximum atomic E-state index is 12.5. The van der Waals surface area contributed by atoms with E-state index in [1.165, 1.54) is 19.3 Å². The Morgan fingerprint density at radius 1 is 1.05 bits per heavy atom. The normalized spacial score (nSPS) is 18.9. The van der Waals surface area contributed by atoms with Crippen molar-refractivity contribution < 1.29 is 4.79 Å². The van der Waals surface area contributed by atoms with Gasteiger partial charge in [0.2, 0.25) is 5.91 Å². The van der Waals surface area contributed by atoms with E-state index < -0.39 is 0 Å². The molecule has 0 saturated heterocycles. The summed E-state index contributed by atoms with van der Waals surface area (Å²) in [6.45, 7) is 10.4. The van der Waals surface area contributed by atoms with Crippen LogP contribution in [-0.4, -0.2) is 29.4 Å². The number of carbonyl (C=O) groups excluding carboxylic acids is 1. The Morgan fingerprint density at radius 2 is 1.53 bits per heavy atom. The number of hydrogen-bond donors (Lipinski definition) is 1. The summed E-state index contributed by atoms with van der Waals surface area (Å²) in [4.78, 5) is 14.6. The highest BCUT2D eigenvalue weighted by Crippen LogP contribution is 2.29. The molecule has 0 radical (unpaired) electrons. The molecule has 1 aliphatic rings.